The van der Waals surface area contributed by atoms with Crippen molar-refractivity contribution in [1.29, 1.82) is 0 Å². The van der Waals surface area contributed by atoms with Crippen molar-refractivity contribution in [2.24, 2.45) is 0 Å². The molecule has 1 aromatic heterocycles. The van der Waals surface area contributed by atoms with Gasteiger partial charge in [0.2, 0.25) is 0 Å². The van der Waals surface area contributed by atoms with Crippen LogP contribution in [0.4, 0.5) is 5.69 Å². The zero-order chi connectivity index (χ0) is 18.9. The summed E-state index contributed by atoms with van der Waals surface area (Å²) in [5.41, 5.74) is -0.446. The first-order valence-corrected chi connectivity index (χ1v) is 7.85. The zero-order valence-electron chi connectivity index (χ0n) is 14.5. The zero-order valence-corrected chi connectivity index (χ0v) is 14.5. The molecule has 1 amide bonds. The Morgan fingerprint density at radius 3 is 2.62 bits per heavy atom. The largest absolute Gasteiger partial charge is 0.493 e. The van der Waals surface area contributed by atoms with Crippen LogP contribution >= 0.6 is 0 Å². The highest BCUT2D eigenvalue weighted by molar-refractivity contribution is 5.99. The van der Waals surface area contributed by atoms with Gasteiger partial charge in [0, 0.05) is 19.2 Å². The molecule has 1 N–H and O–H groups in total. The number of nitro benzene ring substituents is 1. The van der Waals surface area contributed by atoms with Crippen molar-refractivity contribution >= 4 is 11.6 Å². The Bertz CT molecular complexity index is 744. The Kier molecular flexibility index (Phi) is 6.98. The fourth-order valence-corrected chi connectivity index (χ4v) is 2.24. The molecule has 0 saturated heterocycles. The van der Waals surface area contributed by atoms with E-state index in [-0.39, 0.29) is 22.7 Å². The van der Waals surface area contributed by atoms with Gasteiger partial charge in [0.25, 0.3) is 11.6 Å². The highest BCUT2D eigenvalue weighted by Gasteiger charge is 2.24. The number of hydrogen-bond acceptors (Lipinski definition) is 7. The molecule has 9 heteroatoms. The molecule has 0 aliphatic heterocycles. The van der Waals surface area contributed by atoms with Crippen LogP contribution in [0.25, 0.3) is 0 Å². The number of ether oxygens (including phenoxy) is 3. The lowest BCUT2D eigenvalue weighted by Gasteiger charge is -2.11. The second kappa shape index (κ2) is 9.42. The molecule has 0 spiro atoms. The second-order valence-corrected chi connectivity index (χ2v) is 5.22. The third-order valence-corrected chi connectivity index (χ3v) is 3.52. The number of amides is 1. The smallest absolute Gasteiger partial charge is 0.286 e. The molecule has 2 aromatic rings. The molecule has 0 fully saturated rings. The fraction of sp³-hybridized carbons (Fsp3) is 0.353. The van der Waals surface area contributed by atoms with Crippen molar-refractivity contribution in [2.45, 2.75) is 13.0 Å². The predicted molar refractivity (Wildman–Crippen MR) is 91.5 cm³/mol. The average molecular weight is 364 g/mol. The highest BCUT2D eigenvalue weighted by atomic mass is 16.6. The van der Waals surface area contributed by atoms with Gasteiger partial charge in [0.1, 0.15) is 17.9 Å². The molecule has 140 valence electrons. The molecule has 0 saturated carbocycles. The van der Waals surface area contributed by atoms with E-state index in [1.807, 2.05) is 0 Å². The van der Waals surface area contributed by atoms with Crippen LogP contribution in [-0.2, 0) is 11.3 Å². The van der Waals surface area contributed by atoms with Crippen LogP contribution in [-0.4, -0.2) is 38.2 Å². The van der Waals surface area contributed by atoms with Gasteiger partial charge in [0.05, 0.1) is 31.5 Å². The Balaban J connectivity index is 1.90. The van der Waals surface area contributed by atoms with Gasteiger partial charge in [-0.05, 0) is 18.6 Å². The van der Waals surface area contributed by atoms with Gasteiger partial charge in [0.15, 0.2) is 11.5 Å². The van der Waals surface area contributed by atoms with Gasteiger partial charge < -0.3 is 23.9 Å². The molecule has 0 aliphatic rings. The maximum Gasteiger partial charge on any atom is 0.286 e. The molecule has 0 bridgehead atoms. The third kappa shape index (κ3) is 4.96. The molecule has 2 rings (SSSR count). The standard InChI is InChI=1S/C17H20N2O7/c1-23-15-9-13(14(19(21)22)10-16(15)24-2)17(20)18-6-4-7-25-11-12-5-3-8-26-12/h3,5,8-10H,4,6-7,11H2,1-2H3,(H,18,20). The summed E-state index contributed by atoms with van der Waals surface area (Å²) < 4.78 is 20.7. The first-order chi connectivity index (χ1) is 12.6. The second-order valence-electron chi connectivity index (χ2n) is 5.22. The monoisotopic (exact) mass is 364 g/mol. The number of benzene rings is 1. The molecule has 1 aromatic carbocycles. The topological polar surface area (TPSA) is 113 Å². The van der Waals surface area contributed by atoms with Gasteiger partial charge in [-0.2, -0.15) is 0 Å². The van der Waals surface area contributed by atoms with Crippen LogP contribution in [0.3, 0.4) is 0 Å². The summed E-state index contributed by atoms with van der Waals surface area (Å²) in [6.45, 7) is 1.07. The van der Waals surface area contributed by atoms with E-state index in [1.54, 1.807) is 18.4 Å². The van der Waals surface area contributed by atoms with Crippen LogP contribution in [0, 0.1) is 10.1 Å². The van der Waals surface area contributed by atoms with E-state index in [2.05, 4.69) is 5.32 Å². The summed E-state index contributed by atoms with van der Waals surface area (Å²) >= 11 is 0. The van der Waals surface area contributed by atoms with E-state index < -0.39 is 10.8 Å². The maximum atomic E-state index is 12.3. The van der Waals surface area contributed by atoms with Crippen molar-refractivity contribution in [3.63, 3.8) is 0 Å². The van der Waals surface area contributed by atoms with Crippen molar-refractivity contribution < 1.29 is 28.3 Å². The molecular formula is C17H20N2O7. The van der Waals surface area contributed by atoms with Gasteiger partial charge >= 0.3 is 0 Å². The van der Waals surface area contributed by atoms with Crippen LogP contribution in [0.15, 0.2) is 34.9 Å². The Labute approximate surface area is 150 Å². The minimum absolute atomic E-state index is 0.0934. The summed E-state index contributed by atoms with van der Waals surface area (Å²) in [6, 6.07) is 6.03. The summed E-state index contributed by atoms with van der Waals surface area (Å²) in [4.78, 5) is 22.9. The van der Waals surface area contributed by atoms with Gasteiger partial charge in [-0.1, -0.05) is 0 Å². The van der Waals surface area contributed by atoms with E-state index in [0.717, 1.165) is 5.76 Å². The van der Waals surface area contributed by atoms with Gasteiger partial charge in [-0.25, -0.2) is 0 Å². The van der Waals surface area contributed by atoms with Crippen molar-refractivity contribution in [3.05, 3.63) is 52.0 Å². The Morgan fingerprint density at radius 2 is 2.00 bits per heavy atom. The van der Waals surface area contributed by atoms with E-state index in [0.29, 0.717) is 26.2 Å². The number of nitrogens with zero attached hydrogens (tertiary/aromatic N) is 1. The van der Waals surface area contributed by atoms with Crippen LogP contribution < -0.4 is 14.8 Å². The predicted octanol–water partition coefficient (Wildman–Crippen LogP) is 2.54. The third-order valence-electron chi connectivity index (χ3n) is 3.52. The first kappa shape index (κ1) is 19.3. The summed E-state index contributed by atoms with van der Waals surface area (Å²) in [5, 5.41) is 13.9. The lowest BCUT2D eigenvalue weighted by molar-refractivity contribution is -0.385. The summed E-state index contributed by atoms with van der Waals surface area (Å²) in [6.07, 6.45) is 2.11. The van der Waals surface area contributed by atoms with Crippen molar-refractivity contribution in [1.82, 2.24) is 5.32 Å². The van der Waals surface area contributed by atoms with E-state index in [4.69, 9.17) is 18.6 Å². The molecule has 0 atom stereocenters. The summed E-state index contributed by atoms with van der Waals surface area (Å²) in [5.74, 6) is 0.575. The number of nitro groups is 1. The lowest BCUT2D eigenvalue weighted by atomic mass is 10.1. The lowest BCUT2D eigenvalue weighted by Crippen LogP contribution is -2.26. The number of carbonyl (C=O) groups excluding carboxylic acids is 1. The van der Waals surface area contributed by atoms with E-state index in [1.165, 1.54) is 26.4 Å². The fourth-order valence-electron chi connectivity index (χ4n) is 2.24. The SMILES string of the molecule is COc1cc(C(=O)NCCCOCc2ccco2)c([N+](=O)[O-])cc1OC. The quantitative estimate of drug-likeness (QED) is 0.391. The number of nitrogens with one attached hydrogen (secondary N) is 1. The molecule has 26 heavy (non-hydrogen) atoms. The van der Waals surface area contributed by atoms with Crippen molar-refractivity contribution in [3.8, 4) is 11.5 Å². The van der Waals surface area contributed by atoms with Gasteiger partial charge in [-0.15, -0.1) is 0 Å². The van der Waals surface area contributed by atoms with Crippen LogP contribution in [0.5, 0.6) is 11.5 Å². The summed E-state index contributed by atoms with van der Waals surface area (Å²) in [7, 11) is 2.76. The molecule has 9 nitrogen and oxygen atoms in total. The molecular weight excluding hydrogens is 344 g/mol. The normalized spacial score (nSPS) is 10.4. The average Bonchev–Trinajstić information content (AvgIpc) is 3.16. The molecule has 0 radical (unpaired) electrons. The first-order valence-electron chi connectivity index (χ1n) is 7.85. The molecule has 0 unspecified atom stereocenters. The van der Waals surface area contributed by atoms with Gasteiger partial charge in [-0.3, -0.25) is 14.9 Å². The maximum absolute atomic E-state index is 12.3. The number of methoxy groups -OCH3 is 2. The molecule has 0 aliphatic carbocycles. The molecule has 1 heterocycles. The van der Waals surface area contributed by atoms with Crippen LogP contribution in [0.1, 0.15) is 22.5 Å². The minimum Gasteiger partial charge on any atom is -0.493 e. The Hall–Kier alpha value is -3.07. The van der Waals surface area contributed by atoms with Crippen molar-refractivity contribution in [2.75, 3.05) is 27.4 Å². The minimum atomic E-state index is -0.636. The van der Waals surface area contributed by atoms with E-state index >= 15 is 0 Å². The number of carbonyl (C=O) groups is 1. The number of hydrogen-bond donors (Lipinski definition) is 1. The highest BCUT2D eigenvalue weighted by Crippen LogP contribution is 2.34. The number of rotatable bonds is 10. The van der Waals surface area contributed by atoms with E-state index in [9.17, 15) is 14.9 Å². The Morgan fingerprint density at radius 1 is 1.27 bits per heavy atom. The number of furan rings is 1. The van der Waals surface area contributed by atoms with Crippen LogP contribution in [0.2, 0.25) is 0 Å².